The summed E-state index contributed by atoms with van der Waals surface area (Å²) in [5.74, 6) is 0.295. The number of nitrogens with two attached hydrogens (primary N) is 1. The number of aryl methyl sites for hydroxylation is 1. The Kier molecular flexibility index (Phi) is 4.10. The minimum atomic E-state index is -0.464. The average molecular weight is 316 g/mol. The molecule has 0 aliphatic heterocycles. The van der Waals surface area contributed by atoms with Gasteiger partial charge in [0.1, 0.15) is 0 Å². The van der Waals surface area contributed by atoms with Crippen LogP contribution in [0, 0.1) is 0 Å². The summed E-state index contributed by atoms with van der Waals surface area (Å²) in [6, 6.07) is 1.90. The fourth-order valence-corrected chi connectivity index (χ4v) is 2.63. The highest BCUT2D eigenvalue weighted by Crippen LogP contribution is 2.40. The molecule has 2 aromatic heterocycles. The highest BCUT2D eigenvalue weighted by atomic mass is 16.5. The van der Waals surface area contributed by atoms with Crippen molar-refractivity contribution in [1.82, 2.24) is 15.5 Å². The van der Waals surface area contributed by atoms with Gasteiger partial charge in [0.15, 0.2) is 0 Å². The van der Waals surface area contributed by atoms with E-state index >= 15 is 0 Å². The molecule has 1 aliphatic carbocycles. The van der Waals surface area contributed by atoms with Gasteiger partial charge in [0.25, 0.3) is 11.6 Å². The molecular formula is C17H24N4O2. The first-order valence-corrected chi connectivity index (χ1v) is 8.27. The van der Waals surface area contributed by atoms with E-state index in [2.05, 4.69) is 22.4 Å². The predicted octanol–water partition coefficient (Wildman–Crippen LogP) is 2.52. The number of pyridine rings is 1. The number of rotatable bonds is 6. The van der Waals surface area contributed by atoms with Gasteiger partial charge in [-0.25, -0.2) is 4.98 Å². The first-order valence-electron chi connectivity index (χ1n) is 8.27. The molecule has 23 heavy (non-hydrogen) atoms. The van der Waals surface area contributed by atoms with Crippen LogP contribution in [0.15, 0.2) is 10.6 Å². The molecule has 0 atom stereocenters. The van der Waals surface area contributed by atoms with Gasteiger partial charge in [-0.05, 0) is 39.2 Å². The molecule has 1 amide bonds. The van der Waals surface area contributed by atoms with Crippen LogP contribution in [0.4, 0.5) is 0 Å². The smallest absolute Gasteiger partial charge is 0.259 e. The third kappa shape index (κ3) is 3.22. The van der Waals surface area contributed by atoms with Crippen molar-refractivity contribution in [3.63, 3.8) is 0 Å². The third-order valence-corrected chi connectivity index (χ3v) is 4.23. The highest BCUT2D eigenvalue weighted by Gasteiger charge is 2.30. The standard InChI is InChI=1S/C17H24N4O2/c1-4-5-12-14-11(15(22)20-17(2,3)9-18)8-13(10-6-7-10)19-16(14)23-21-12/h8,10H,4-7,9,18H2,1-3H3,(H,20,22). The molecule has 0 unspecified atom stereocenters. The van der Waals surface area contributed by atoms with Gasteiger partial charge in [0, 0.05) is 23.7 Å². The van der Waals surface area contributed by atoms with Crippen LogP contribution in [0.1, 0.15) is 67.7 Å². The Bertz CT molecular complexity index is 732. The first kappa shape index (κ1) is 15.9. The van der Waals surface area contributed by atoms with E-state index in [9.17, 15) is 4.79 Å². The Labute approximate surface area is 135 Å². The maximum Gasteiger partial charge on any atom is 0.259 e. The van der Waals surface area contributed by atoms with E-state index in [4.69, 9.17) is 10.3 Å². The number of aromatic nitrogens is 2. The van der Waals surface area contributed by atoms with Crippen molar-refractivity contribution in [2.75, 3.05) is 6.54 Å². The molecule has 2 heterocycles. The number of nitrogens with one attached hydrogen (secondary N) is 1. The van der Waals surface area contributed by atoms with Gasteiger partial charge in [0.2, 0.25) is 0 Å². The monoisotopic (exact) mass is 316 g/mol. The van der Waals surface area contributed by atoms with Crippen LogP contribution in [0.25, 0.3) is 11.1 Å². The maximum atomic E-state index is 12.8. The van der Waals surface area contributed by atoms with Crippen LogP contribution in [-0.4, -0.2) is 28.1 Å². The molecular weight excluding hydrogens is 292 g/mol. The van der Waals surface area contributed by atoms with E-state index in [0.29, 0.717) is 23.7 Å². The summed E-state index contributed by atoms with van der Waals surface area (Å²) in [5.41, 5.74) is 8.06. The van der Waals surface area contributed by atoms with Crippen molar-refractivity contribution in [1.29, 1.82) is 0 Å². The average Bonchev–Trinajstić information content (AvgIpc) is 3.29. The second-order valence-electron chi connectivity index (χ2n) is 6.97. The van der Waals surface area contributed by atoms with E-state index < -0.39 is 5.54 Å². The summed E-state index contributed by atoms with van der Waals surface area (Å²) >= 11 is 0. The van der Waals surface area contributed by atoms with Gasteiger partial charge >= 0.3 is 0 Å². The van der Waals surface area contributed by atoms with Crippen molar-refractivity contribution in [2.24, 2.45) is 5.73 Å². The lowest BCUT2D eigenvalue weighted by molar-refractivity contribution is 0.0917. The zero-order valence-corrected chi connectivity index (χ0v) is 14.0. The zero-order chi connectivity index (χ0) is 16.6. The van der Waals surface area contributed by atoms with Crippen molar-refractivity contribution in [2.45, 2.75) is 57.9 Å². The highest BCUT2D eigenvalue weighted by molar-refractivity contribution is 6.06. The van der Waals surface area contributed by atoms with Gasteiger partial charge in [-0.1, -0.05) is 18.5 Å². The topological polar surface area (TPSA) is 94.0 Å². The number of hydrogen-bond acceptors (Lipinski definition) is 5. The molecule has 0 aromatic carbocycles. The van der Waals surface area contributed by atoms with Crippen molar-refractivity contribution < 1.29 is 9.32 Å². The van der Waals surface area contributed by atoms with Crippen LogP contribution >= 0.6 is 0 Å². The Balaban J connectivity index is 2.07. The van der Waals surface area contributed by atoms with E-state index in [1.807, 2.05) is 19.9 Å². The molecule has 0 bridgehead atoms. The van der Waals surface area contributed by atoms with Crippen LogP contribution < -0.4 is 11.1 Å². The van der Waals surface area contributed by atoms with E-state index in [-0.39, 0.29) is 5.91 Å². The van der Waals surface area contributed by atoms with Crippen molar-refractivity contribution in [3.8, 4) is 0 Å². The van der Waals surface area contributed by atoms with Crippen LogP contribution in [0.3, 0.4) is 0 Å². The summed E-state index contributed by atoms with van der Waals surface area (Å²) in [4.78, 5) is 17.4. The Morgan fingerprint density at radius 2 is 2.22 bits per heavy atom. The van der Waals surface area contributed by atoms with Gasteiger partial charge in [0.05, 0.1) is 16.6 Å². The second kappa shape index (κ2) is 5.92. The molecule has 3 rings (SSSR count). The molecule has 6 nitrogen and oxygen atoms in total. The first-order chi connectivity index (χ1) is 10.9. The molecule has 0 radical (unpaired) electrons. The minimum Gasteiger partial charge on any atom is -0.346 e. The predicted molar refractivity (Wildman–Crippen MR) is 88.4 cm³/mol. The van der Waals surface area contributed by atoms with Gasteiger partial charge in [-0.15, -0.1) is 0 Å². The number of nitrogens with zero attached hydrogens (tertiary/aromatic N) is 2. The summed E-state index contributed by atoms with van der Waals surface area (Å²) in [7, 11) is 0. The summed E-state index contributed by atoms with van der Waals surface area (Å²) < 4.78 is 5.40. The van der Waals surface area contributed by atoms with Gasteiger partial charge in [-0.3, -0.25) is 4.79 Å². The fourth-order valence-electron chi connectivity index (χ4n) is 2.63. The quantitative estimate of drug-likeness (QED) is 0.854. The molecule has 124 valence electrons. The Morgan fingerprint density at radius 3 is 2.83 bits per heavy atom. The van der Waals surface area contributed by atoms with E-state index in [0.717, 1.165) is 42.5 Å². The number of carbonyl (C=O) groups excluding carboxylic acids is 1. The number of hydrogen-bond donors (Lipinski definition) is 2. The van der Waals surface area contributed by atoms with E-state index in [1.54, 1.807) is 0 Å². The Morgan fingerprint density at radius 1 is 1.48 bits per heavy atom. The van der Waals surface area contributed by atoms with E-state index in [1.165, 1.54) is 0 Å². The largest absolute Gasteiger partial charge is 0.346 e. The van der Waals surface area contributed by atoms with Crippen molar-refractivity contribution in [3.05, 3.63) is 23.0 Å². The molecule has 0 spiro atoms. The maximum absolute atomic E-state index is 12.8. The number of fused-ring (bicyclic) bond motifs is 1. The van der Waals surface area contributed by atoms with Crippen LogP contribution in [0.5, 0.6) is 0 Å². The molecule has 6 heteroatoms. The third-order valence-electron chi connectivity index (χ3n) is 4.23. The van der Waals surface area contributed by atoms with Crippen LogP contribution in [-0.2, 0) is 6.42 Å². The SMILES string of the molecule is CCCc1noc2nc(C3CC3)cc(C(=O)NC(C)(C)CN)c12. The summed E-state index contributed by atoms with van der Waals surface area (Å²) in [6.07, 6.45) is 3.92. The van der Waals surface area contributed by atoms with Crippen LogP contribution in [0.2, 0.25) is 0 Å². The molecule has 3 N–H and O–H groups in total. The second-order valence-corrected chi connectivity index (χ2v) is 6.97. The number of amides is 1. The minimum absolute atomic E-state index is 0.143. The van der Waals surface area contributed by atoms with Crippen molar-refractivity contribution >= 4 is 17.0 Å². The molecule has 1 aliphatic rings. The fraction of sp³-hybridized carbons (Fsp3) is 0.588. The number of carbonyl (C=O) groups is 1. The lowest BCUT2D eigenvalue weighted by Gasteiger charge is -2.24. The molecule has 1 saturated carbocycles. The molecule has 0 saturated heterocycles. The molecule has 2 aromatic rings. The van der Waals surface area contributed by atoms with Gasteiger partial charge in [-0.2, -0.15) is 0 Å². The zero-order valence-electron chi connectivity index (χ0n) is 14.0. The van der Waals surface area contributed by atoms with Gasteiger partial charge < -0.3 is 15.6 Å². The lowest BCUT2D eigenvalue weighted by atomic mass is 10.0. The molecule has 1 fully saturated rings. The Hall–Kier alpha value is -1.95. The summed E-state index contributed by atoms with van der Waals surface area (Å²) in [6.45, 7) is 6.26. The summed E-state index contributed by atoms with van der Waals surface area (Å²) in [5, 5.41) is 7.86. The lowest BCUT2D eigenvalue weighted by Crippen LogP contribution is -2.48. The normalized spacial score (nSPS) is 15.1.